The van der Waals surface area contributed by atoms with Crippen molar-refractivity contribution >= 4 is 23.2 Å². The first-order valence-electron chi connectivity index (χ1n) is 5.66. The van der Waals surface area contributed by atoms with Gasteiger partial charge in [-0.15, -0.1) is 6.58 Å². The zero-order valence-electron chi connectivity index (χ0n) is 10.3. The highest BCUT2D eigenvalue weighted by molar-refractivity contribution is 6.30. The number of halogens is 1. The van der Waals surface area contributed by atoms with Crippen LogP contribution in [-0.2, 0) is 11.2 Å². The maximum Gasteiger partial charge on any atom is 0.358 e. The number of nitrogens with one attached hydrogen (secondary N) is 1. The van der Waals surface area contributed by atoms with Crippen LogP contribution in [0.25, 0.3) is 5.65 Å². The van der Waals surface area contributed by atoms with E-state index in [2.05, 4.69) is 16.7 Å². The molecule has 0 aliphatic carbocycles. The Morgan fingerprint density at radius 3 is 3.05 bits per heavy atom. The number of allylic oxidation sites excluding steroid dienone is 1. The van der Waals surface area contributed by atoms with E-state index in [-0.39, 0.29) is 28.5 Å². The number of hydrogen-bond acceptors (Lipinski definition) is 4. The zero-order valence-corrected chi connectivity index (χ0v) is 11.0. The Bertz CT molecular complexity index is 702. The summed E-state index contributed by atoms with van der Waals surface area (Å²) in [4.78, 5) is 27.8. The molecule has 0 amide bonds. The van der Waals surface area contributed by atoms with E-state index in [4.69, 9.17) is 16.3 Å². The molecule has 19 heavy (non-hydrogen) atoms. The first-order chi connectivity index (χ1) is 9.10. The van der Waals surface area contributed by atoms with Gasteiger partial charge in [-0.25, -0.2) is 14.3 Å². The predicted octanol–water partition coefficient (Wildman–Crippen LogP) is 1.58. The van der Waals surface area contributed by atoms with E-state index >= 15 is 0 Å². The Balaban J connectivity index is 2.66. The highest BCUT2D eigenvalue weighted by Crippen LogP contribution is 2.12. The van der Waals surface area contributed by atoms with E-state index in [1.54, 1.807) is 13.0 Å². The molecule has 0 aliphatic heterocycles. The van der Waals surface area contributed by atoms with Gasteiger partial charge in [-0.05, 0) is 13.3 Å². The van der Waals surface area contributed by atoms with E-state index in [1.165, 1.54) is 10.7 Å². The Morgan fingerprint density at radius 2 is 2.42 bits per heavy atom. The SMILES string of the molecule is C=CCc1c(Cl)[nH]n2c(C(=O)OCC)cnc2c1=O. The number of imidazole rings is 1. The number of nitrogens with zero attached hydrogens (tertiary/aromatic N) is 2. The molecule has 0 aliphatic rings. The minimum Gasteiger partial charge on any atom is -0.461 e. The van der Waals surface area contributed by atoms with Gasteiger partial charge in [0.1, 0.15) is 5.15 Å². The van der Waals surface area contributed by atoms with E-state index in [0.717, 1.165) is 0 Å². The molecule has 6 nitrogen and oxygen atoms in total. The second-order valence-electron chi connectivity index (χ2n) is 3.75. The lowest BCUT2D eigenvalue weighted by Crippen LogP contribution is -2.18. The van der Waals surface area contributed by atoms with Crippen LogP contribution >= 0.6 is 11.6 Å². The summed E-state index contributed by atoms with van der Waals surface area (Å²) < 4.78 is 6.10. The number of aromatic nitrogens is 3. The van der Waals surface area contributed by atoms with Crippen LogP contribution < -0.4 is 5.43 Å². The van der Waals surface area contributed by atoms with Crippen molar-refractivity contribution in [3.8, 4) is 0 Å². The van der Waals surface area contributed by atoms with Crippen LogP contribution in [0.4, 0.5) is 0 Å². The first-order valence-corrected chi connectivity index (χ1v) is 6.04. The number of hydrogen-bond donors (Lipinski definition) is 1. The van der Waals surface area contributed by atoms with Crippen LogP contribution in [0.2, 0.25) is 5.15 Å². The minimum absolute atomic E-state index is 0.101. The van der Waals surface area contributed by atoms with Gasteiger partial charge in [0.25, 0.3) is 0 Å². The lowest BCUT2D eigenvalue weighted by Gasteiger charge is -2.05. The molecule has 0 fully saturated rings. The number of fused-ring (bicyclic) bond motifs is 1. The largest absolute Gasteiger partial charge is 0.461 e. The second kappa shape index (κ2) is 5.27. The fraction of sp³-hybridized carbons (Fsp3) is 0.250. The third-order valence-corrected chi connectivity index (χ3v) is 2.86. The molecular formula is C12H12ClN3O3. The Labute approximate surface area is 113 Å². The molecule has 0 aromatic carbocycles. The maximum absolute atomic E-state index is 12.1. The summed E-state index contributed by atoms with van der Waals surface area (Å²) in [5.74, 6) is -0.571. The third-order valence-electron chi connectivity index (χ3n) is 2.55. The molecule has 100 valence electrons. The zero-order chi connectivity index (χ0) is 14.0. The van der Waals surface area contributed by atoms with E-state index < -0.39 is 5.97 Å². The lowest BCUT2D eigenvalue weighted by atomic mass is 10.2. The molecule has 2 aromatic rings. The predicted molar refractivity (Wildman–Crippen MR) is 70.7 cm³/mol. The number of rotatable bonds is 4. The Morgan fingerprint density at radius 1 is 1.68 bits per heavy atom. The molecule has 7 heteroatoms. The summed E-state index contributed by atoms with van der Waals surface area (Å²) in [5.41, 5.74) is 0.259. The standard InChI is InChI=1S/C12H12ClN3O3/c1-3-5-7-9(17)11-14-6-8(12(18)19-4-2)16(11)15-10(7)13/h3,6,15H,1,4-5H2,2H3. The third kappa shape index (κ3) is 2.26. The molecule has 0 radical (unpaired) electrons. The highest BCUT2D eigenvalue weighted by atomic mass is 35.5. The number of carbonyl (C=O) groups is 1. The van der Waals surface area contributed by atoms with Gasteiger partial charge in [0.05, 0.1) is 12.8 Å². The second-order valence-corrected chi connectivity index (χ2v) is 4.13. The van der Waals surface area contributed by atoms with Crippen molar-refractivity contribution in [3.05, 3.63) is 45.5 Å². The van der Waals surface area contributed by atoms with Crippen LogP contribution in [-0.4, -0.2) is 27.2 Å². The fourth-order valence-electron chi connectivity index (χ4n) is 1.70. The quantitative estimate of drug-likeness (QED) is 0.682. The number of aromatic amines is 1. The first kappa shape index (κ1) is 13.4. The van der Waals surface area contributed by atoms with Gasteiger partial charge in [-0.2, -0.15) is 0 Å². The van der Waals surface area contributed by atoms with Crippen LogP contribution in [0.5, 0.6) is 0 Å². The number of esters is 1. The number of H-pyrrole nitrogens is 1. The van der Waals surface area contributed by atoms with Crippen molar-refractivity contribution in [1.82, 2.24) is 14.6 Å². The van der Waals surface area contributed by atoms with Crippen molar-refractivity contribution in [1.29, 1.82) is 0 Å². The molecular weight excluding hydrogens is 270 g/mol. The summed E-state index contributed by atoms with van der Waals surface area (Å²) in [7, 11) is 0. The smallest absolute Gasteiger partial charge is 0.358 e. The number of carbonyl (C=O) groups excluding carboxylic acids is 1. The molecule has 2 rings (SSSR count). The molecule has 0 saturated heterocycles. The highest BCUT2D eigenvalue weighted by Gasteiger charge is 2.18. The number of ether oxygens (including phenoxy) is 1. The van der Waals surface area contributed by atoms with Crippen LogP contribution in [0, 0.1) is 0 Å². The molecule has 2 heterocycles. The van der Waals surface area contributed by atoms with Crippen molar-refractivity contribution in [2.45, 2.75) is 13.3 Å². The van der Waals surface area contributed by atoms with Crippen molar-refractivity contribution in [2.24, 2.45) is 0 Å². The Kier molecular flexibility index (Phi) is 3.71. The summed E-state index contributed by atoms with van der Waals surface area (Å²) in [6, 6.07) is 0. The van der Waals surface area contributed by atoms with Gasteiger partial charge in [-0.3, -0.25) is 9.89 Å². The molecule has 1 N–H and O–H groups in total. The van der Waals surface area contributed by atoms with E-state index in [9.17, 15) is 9.59 Å². The van der Waals surface area contributed by atoms with Gasteiger partial charge in [0.15, 0.2) is 5.69 Å². The molecule has 0 atom stereocenters. The summed E-state index contributed by atoms with van der Waals surface area (Å²) >= 11 is 5.99. The summed E-state index contributed by atoms with van der Waals surface area (Å²) in [6.07, 6.45) is 3.17. The minimum atomic E-state index is -0.571. The molecule has 0 bridgehead atoms. The van der Waals surface area contributed by atoms with Gasteiger partial charge in [0, 0.05) is 5.56 Å². The summed E-state index contributed by atoms with van der Waals surface area (Å²) in [6.45, 7) is 5.49. The van der Waals surface area contributed by atoms with Crippen LogP contribution in [0.1, 0.15) is 23.0 Å². The van der Waals surface area contributed by atoms with Crippen molar-refractivity contribution < 1.29 is 9.53 Å². The lowest BCUT2D eigenvalue weighted by molar-refractivity contribution is 0.0516. The van der Waals surface area contributed by atoms with E-state index in [0.29, 0.717) is 12.0 Å². The summed E-state index contributed by atoms with van der Waals surface area (Å²) in [5, 5.41) is 2.90. The fourth-order valence-corrected chi connectivity index (χ4v) is 1.95. The van der Waals surface area contributed by atoms with E-state index in [1.807, 2.05) is 0 Å². The van der Waals surface area contributed by atoms with Crippen LogP contribution in [0.3, 0.4) is 0 Å². The maximum atomic E-state index is 12.1. The molecule has 0 spiro atoms. The van der Waals surface area contributed by atoms with Crippen molar-refractivity contribution in [2.75, 3.05) is 6.61 Å². The monoisotopic (exact) mass is 281 g/mol. The average Bonchev–Trinajstić information content (AvgIpc) is 2.78. The van der Waals surface area contributed by atoms with Gasteiger partial charge in [-0.1, -0.05) is 17.7 Å². The van der Waals surface area contributed by atoms with Gasteiger partial charge >= 0.3 is 5.97 Å². The van der Waals surface area contributed by atoms with Gasteiger partial charge in [0.2, 0.25) is 11.1 Å². The van der Waals surface area contributed by atoms with Gasteiger partial charge < -0.3 is 4.74 Å². The molecule has 0 saturated carbocycles. The average molecular weight is 282 g/mol. The van der Waals surface area contributed by atoms with Crippen molar-refractivity contribution in [3.63, 3.8) is 0 Å². The molecule has 0 unspecified atom stereocenters. The normalized spacial score (nSPS) is 10.6. The van der Waals surface area contributed by atoms with Crippen LogP contribution in [0.15, 0.2) is 23.6 Å². The topological polar surface area (TPSA) is 76.5 Å². The molecule has 2 aromatic heterocycles. The Hall–Kier alpha value is -2.08.